The number of benzene rings is 5. The van der Waals surface area contributed by atoms with Crippen LogP contribution in [0.2, 0.25) is 0 Å². The number of carbonyl (C=O) groups excluding carboxylic acids is 7. The van der Waals surface area contributed by atoms with Crippen LogP contribution in [0.25, 0.3) is 0 Å². The normalized spacial score (nSPS) is 16.0. The molecule has 4 atom stereocenters. The monoisotopic (exact) mass is 1080 g/mol. The van der Waals surface area contributed by atoms with Crippen molar-refractivity contribution in [3.63, 3.8) is 0 Å². The molecule has 4 aliphatic rings. The Kier molecular flexibility index (Phi) is 18.3. The second kappa shape index (κ2) is 25.6. The standard InChI is InChI=1S/C56H61N9O10.C3H6O/c1-32(61-52(67)16-10-9-15-51(66)58-18-17-57)53(68)62-33(2)54(69)63-38-20-34(30-74-49-26-43-41(24-47(49)72-3)55(70)64-39(28-59-43)22-36-11-5-7-13-45(36)64)19-35(21-38)31-75-50-27-44-42(25-48(50)73-4)56(71)65-40(29-60-44)23-37-12-6-8-14-46(37)65;1-3(2)4/h5-8,11-14,19-21,24-28,32-33,39-40,60H,9-10,15-18,22-23,29-31,57H2,1-4H3,(H,58,66)(H,61,67)(H,62,68)(H,63,69);1-2H3/t32-,33?,39?,40-;/m0./s1. The minimum absolute atomic E-state index is 0.00724. The molecule has 5 aromatic carbocycles. The molecule has 0 saturated heterocycles. The van der Waals surface area contributed by atoms with Crippen LogP contribution in [0.15, 0.2) is 96.0 Å². The predicted octanol–water partition coefficient (Wildman–Crippen LogP) is 6.32. The van der Waals surface area contributed by atoms with E-state index in [0.29, 0.717) is 101 Å². The van der Waals surface area contributed by atoms with Crippen molar-refractivity contribution in [1.82, 2.24) is 16.0 Å². The van der Waals surface area contributed by atoms with Crippen molar-refractivity contribution in [3.8, 4) is 23.0 Å². The minimum Gasteiger partial charge on any atom is -0.493 e. The fourth-order valence-electron chi connectivity index (χ4n) is 9.83. The van der Waals surface area contributed by atoms with E-state index >= 15 is 0 Å². The first kappa shape index (κ1) is 56.4. The van der Waals surface area contributed by atoms with Crippen molar-refractivity contribution in [2.75, 3.05) is 54.3 Å². The lowest BCUT2D eigenvalue weighted by atomic mass is 10.1. The van der Waals surface area contributed by atoms with Crippen LogP contribution in [0.4, 0.5) is 28.4 Å². The van der Waals surface area contributed by atoms with Crippen LogP contribution in [0, 0.1) is 0 Å². The topological polar surface area (TPSA) is 261 Å². The molecule has 20 heteroatoms. The summed E-state index contributed by atoms with van der Waals surface area (Å²) < 4.78 is 24.4. The van der Waals surface area contributed by atoms with Gasteiger partial charge < -0.3 is 61.0 Å². The molecule has 4 aliphatic heterocycles. The lowest BCUT2D eigenvalue weighted by molar-refractivity contribution is -0.130. The number of anilines is 4. The average Bonchev–Trinajstić information content (AvgIpc) is 4.03. The Morgan fingerprint density at radius 3 is 1.91 bits per heavy atom. The van der Waals surface area contributed by atoms with Crippen molar-refractivity contribution < 1.29 is 52.5 Å². The molecule has 0 fully saturated rings. The number of aliphatic imine (C=N–C) groups is 1. The molecule has 4 heterocycles. The van der Waals surface area contributed by atoms with Crippen molar-refractivity contribution in [2.24, 2.45) is 10.7 Å². The molecule has 79 heavy (non-hydrogen) atoms. The summed E-state index contributed by atoms with van der Waals surface area (Å²) in [4.78, 5) is 97.4. The number of hydrogen-bond acceptors (Lipinski definition) is 14. The van der Waals surface area contributed by atoms with Gasteiger partial charge in [-0.25, -0.2) is 0 Å². The summed E-state index contributed by atoms with van der Waals surface area (Å²) in [6.07, 6.45) is 4.49. The molecular weight excluding hydrogens is 1010 g/mol. The van der Waals surface area contributed by atoms with Crippen molar-refractivity contribution in [3.05, 3.63) is 124 Å². The lowest BCUT2D eigenvalue weighted by Crippen LogP contribution is -2.50. The molecule has 414 valence electrons. The van der Waals surface area contributed by atoms with E-state index < -0.39 is 23.9 Å². The predicted molar refractivity (Wildman–Crippen MR) is 300 cm³/mol. The Hall–Kier alpha value is -8.78. The van der Waals surface area contributed by atoms with E-state index in [-0.39, 0.29) is 67.6 Å². The SMILES string of the molecule is CC(C)=O.COc1cc2c(cc1OCc1cc(COc3cc4c(cc3OC)C(=O)N3c5ccccc5C[C@H]3CN4)cc(NC(=O)C(C)NC(=O)[C@H](C)NC(=O)CCCCC(=O)NCCN)c1)N=CC1Cc3ccccc3N1C2=O. The minimum atomic E-state index is -1.02. The summed E-state index contributed by atoms with van der Waals surface area (Å²) in [6.45, 7) is 7.33. The third-order valence-corrected chi connectivity index (χ3v) is 13.6. The first-order valence-corrected chi connectivity index (χ1v) is 26.3. The summed E-state index contributed by atoms with van der Waals surface area (Å²) in [6, 6.07) is 25.5. The molecular formula is C59H67N9O11. The van der Waals surface area contributed by atoms with Crippen molar-refractivity contribution in [1.29, 1.82) is 0 Å². The van der Waals surface area contributed by atoms with Gasteiger partial charge in [0.2, 0.25) is 23.6 Å². The zero-order chi connectivity index (χ0) is 56.3. The molecule has 2 unspecified atom stereocenters. The van der Waals surface area contributed by atoms with Gasteiger partial charge in [0.1, 0.15) is 31.1 Å². The molecule has 6 amide bonds. The maximum Gasteiger partial charge on any atom is 0.261 e. The Labute approximate surface area is 458 Å². The second-order valence-corrected chi connectivity index (χ2v) is 19.8. The number of fused-ring (bicyclic) bond motifs is 8. The van der Waals surface area contributed by atoms with E-state index in [0.717, 1.165) is 28.9 Å². The van der Waals surface area contributed by atoms with E-state index in [4.69, 9.17) is 29.7 Å². The van der Waals surface area contributed by atoms with E-state index in [1.165, 1.54) is 41.9 Å². The lowest BCUT2D eigenvalue weighted by Gasteiger charge is -2.22. The highest BCUT2D eigenvalue weighted by Gasteiger charge is 2.39. The summed E-state index contributed by atoms with van der Waals surface area (Å²) in [5.41, 5.74) is 12.8. The number of unbranched alkanes of at least 4 members (excludes halogenated alkanes) is 1. The molecule has 5 aromatic rings. The van der Waals surface area contributed by atoms with Gasteiger partial charge in [-0.3, -0.25) is 38.7 Å². The van der Waals surface area contributed by atoms with Crippen LogP contribution < -0.4 is 61.1 Å². The van der Waals surface area contributed by atoms with Gasteiger partial charge in [-0.15, -0.1) is 0 Å². The molecule has 0 bridgehead atoms. The number of methoxy groups -OCH3 is 2. The van der Waals surface area contributed by atoms with Gasteiger partial charge >= 0.3 is 0 Å². The number of carbonyl (C=O) groups is 7. The van der Waals surface area contributed by atoms with Gasteiger partial charge in [0.25, 0.3) is 11.8 Å². The highest BCUT2D eigenvalue weighted by Crippen LogP contribution is 2.43. The quantitative estimate of drug-likeness (QED) is 0.0467. The van der Waals surface area contributed by atoms with Crippen molar-refractivity contribution in [2.45, 2.75) is 104 Å². The summed E-state index contributed by atoms with van der Waals surface area (Å²) >= 11 is 0. The van der Waals surface area contributed by atoms with Crippen LogP contribution in [0.5, 0.6) is 23.0 Å². The molecule has 0 spiro atoms. The molecule has 9 rings (SSSR count). The number of rotatable bonds is 20. The summed E-state index contributed by atoms with van der Waals surface area (Å²) in [5.74, 6) is -0.395. The number of hydrogen-bond donors (Lipinski definition) is 6. The first-order valence-electron chi connectivity index (χ1n) is 26.3. The van der Waals surface area contributed by atoms with Gasteiger partial charge in [-0.1, -0.05) is 36.4 Å². The number of nitrogens with zero attached hydrogens (tertiary/aromatic N) is 3. The van der Waals surface area contributed by atoms with Crippen LogP contribution in [-0.2, 0) is 50.0 Å². The molecule has 20 nitrogen and oxygen atoms in total. The van der Waals surface area contributed by atoms with E-state index in [9.17, 15) is 33.6 Å². The van der Waals surface area contributed by atoms with Crippen LogP contribution in [0.3, 0.4) is 0 Å². The van der Waals surface area contributed by atoms with Gasteiger partial charge in [-0.2, -0.15) is 0 Å². The highest BCUT2D eigenvalue weighted by molar-refractivity contribution is 6.15. The number of amides is 6. The molecule has 0 radical (unpaired) electrons. The number of ether oxygens (including phenoxy) is 4. The second-order valence-electron chi connectivity index (χ2n) is 19.8. The Morgan fingerprint density at radius 2 is 1.27 bits per heavy atom. The third-order valence-electron chi connectivity index (χ3n) is 13.6. The summed E-state index contributed by atoms with van der Waals surface area (Å²) in [7, 11) is 3.00. The van der Waals surface area contributed by atoms with E-state index in [1.54, 1.807) is 47.5 Å². The average molecular weight is 1080 g/mol. The molecule has 0 aromatic heterocycles. The Morgan fingerprint density at radius 1 is 0.696 bits per heavy atom. The molecule has 7 N–H and O–H groups in total. The number of ketones is 1. The zero-order valence-electron chi connectivity index (χ0n) is 45.2. The fraction of sp³-hybridized carbons (Fsp3) is 0.356. The fourth-order valence-corrected chi connectivity index (χ4v) is 9.83. The number of nitrogens with one attached hydrogen (secondary N) is 5. The van der Waals surface area contributed by atoms with Gasteiger partial charge in [0.05, 0.1) is 48.8 Å². The van der Waals surface area contributed by atoms with E-state index in [2.05, 4.69) is 26.6 Å². The molecule has 0 saturated carbocycles. The first-order chi connectivity index (χ1) is 38.0. The Bertz CT molecular complexity index is 3180. The maximum atomic E-state index is 14.1. The van der Waals surface area contributed by atoms with Crippen LogP contribution in [0.1, 0.15) is 96.3 Å². The largest absolute Gasteiger partial charge is 0.493 e. The maximum absolute atomic E-state index is 14.1. The summed E-state index contributed by atoms with van der Waals surface area (Å²) in [5, 5.41) is 14.4. The van der Waals surface area contributed by atoms with Crippen LogP contribution in [-0.4, -0.2) is 105 Å². The van der Waals surface area contributed by atoms with Crippen molar-refractivity contribution >= 4 is 75.9 Å². The highest BCUT2D eigenvalue weighted by atomic mass is 16.5. The number of para-hydroxylation sites is 2. The molecule has 0 aliphatic carbocycles. The zero-order valence-corrected chi connectivity index (χ0v) is 45.2. The van der Waals surface area contributed by atoms with Gasteiger partial charge in [-0.05, 0) is 112 Å². The van der Waals surface area contributed by atoms with Gasteiger partial charge in [0.15, 0.2) is 23.0 Å². The number of Topliss-reactive ketones (excluding diaryl/α,β-unsaturated/α-hetero) is 1. The third kappa shape index (κ3) is 13.5. The van der Waals surface area contributed by atoms with E-state index in [1.807, 2.05) is 59.5 Å². The smallest absolute Gasteiger partial charge is 0.261 e. The van der Waals surface area contributed by atoms with Gasteiger partial charge in [0, 0.05) is 74.3 Å². The van der Waals surface area contributed by atoms with Crippen LogP contribution >= 0.6 is 0 Å². The Balaban J connectivity index is 0.00000199. The number of nitrogens with two attached hydrogens (primary N) is 1.